The zero-order valence-corrected chi connectivity index (χ0v) is 50.4. The van der Waals surface area contributed by atoms with E-state index in [-0.39, 0.29) is 59.3 Å². The number of hydrogen-bond donors (Lipinski definition) is 4. The van der Waals surface area contributed by atoms with Gasteiger partial charge in [-0.1, -0.05) is 16.8 Å². The predicted octanol–water partition coefficient (Wildman–Crippen LogP) is 6.06. The van der Waals surface area contributed by atoms with E-state index in [0.29, 0.717) is 62.7 Å². The average Bonchev–Trinajstić information content (AvgIpc) is 1.65. The molecule has 18 heterocycles. The summed E-state index contributed by atoms with van der Waals surface area (Å²) in [6, 6.07) is 19.9. The molecule has 18 aromatic heterocycles. The number of nitrogens with two attached hydrogens (primary N) is 3. The lowest BCUT2D eigenvalue weighted by molar-refractivity contribution is 0.601. The van der Waals surface area contributed by atoms with Crippen molar-refractivity contribution in [1.29, 1.82) is 0 Å². The molecule has 0 unspecified atom stereocenters. The highest BCUT2D eigenvalue weighted by Crippen LogP contribution is 2.35. The lowest BCUT2D eigenvalue weighted by Gasteiger charge is -2.11. The number of pyridine rings is 6. The molecule has 0 aliphatic rings. The molecule has 97 heavy (non-hydrogen) atoms. The molecule has 37 heteroatoms. The number of aromatic amines is 1. The molecule has 0 saturated heterocycles. The number of anilines is 3. The molecule has 18 aromatic rings. The Labute approximate surface area is 544 Å². The molecule has 0 aliphatic heterocycles. The number of H-pyrrole nitrogens is 1. The fourth-order valence-corrected chi connectivity index (χ4v) is 10.6. The summed E-state index contributed by atoms with van der Waals surface area (Å²) in [5.74, 6) is 0.928. The molecular weight excluding hydrogens is 1280 g/mol. The molecule has 18 rings (SSSR count). The van der Waals surface area contributed by atoms with Crippen LogP contribution in [0.2, 0.25) is 5.15 Å². The van der Waals surface area contributed by atoms with Gasteiger partial charge in [-0.25, -0.2) is 52.7 Å². The van der Waals surface area contributed by atoms with Crippen molar-refractivity contribution in [1.82, 2.24) is 147 Å². The van der Waals surface area contributed by atoms with E-state index < -0.39 is 17.5 Å². The summed E-state index contributed by atoms with van der Waals surface area (Å²) in [7, 11) is 0. The lowest BCUT2D eigenvalue weighted by atomic mass is 10.1. The van der Waals surface area contributed by atoms with Crippen LogP contribution in [0.25, 0.3) is 78.9 Å². The van der Waals surface area contributed by atoms with Crippen LogP contribution < -0.4 is 17.2 Å². The van der Waals surface area contributed by atoms with Gasteiger partial charge in [-0.3, -0.25) is 15.0 Å². The van der Waals surface area contributed by atoms with Crippen molar-refractivity contribution in [3.63, 3.8) is 0 Å². The van der Waals surface area contributed by atoms with Crippen LogP contribution >= 0.6 is 11.6 Å². The van der Waals surface area contributed by atoms with Gasteiger partial charge < -0.3 is 30.4 Å². The van der Waals surface area contributed by atoms with Gasteiger partial charge in [0.1, 0.15) is 39.5 Å². The summed E-state index contributed by atoms with van der Waals surface area (Å²) in [6.45, 7) is 0. The third-order valence-corrected chi connectivity index (χ3v) is 14.9. The van der Waals surface area contributed by atoms with Gasteiger partial charge in [-0.2, -0.15) is 49.1 Å². The number of rotatable bonds is 11. The molecule has 33 nitrogen and oxygen atoms in total. The van der Waals surface area contributed by atoms with Crippen LogP contribution in [0.15, 0.2) is 184 Å². The van der Waals surface area contributed by atoms with Crippen LogP contribution in [0.4, 0.5) is 31.0 Å². The standard InChI is InChI=1S/2C20H14FN11.C18H12ClFN8.C2H3N3/c21-13-2-1-5-23-14(13)10-15-26-19-17(12-3-4-16-24-6-8-30(16)11-12)18(31-9-7-25-29-31)27-20(22)32(19)28-15;21-13-2-1-5-23-14(13)10-15-27-18-17(12-3-4-16-24-8-9-30(16)11-12)19(32-25-6-7-26-32)28-20(22)31(18)29-15;19-16-15(10-3-4-14-23-6-7-27(14)9-10)17-24-13(26-28(17)18(21)25-16)8-12-11(20)2-1-5-22-12;1-2-4-5-3-1/h1-9,11H,10H2,(H2,22,27);1-9,11H,10H2,(H2,22,28);1-7,9H,8H2,(H2,21,25);1-2H,(H,3,4,5). The molecule has 0 atom stereocenters. The predicted molar refractivity (Wildman–Crippen MR) is 340 cm³/mol. The highest BCUT2D eigenvalue weighted by atomic mass is 35.5. The van der Waals surface area contributed by atoms with E-state index >= 15 is 0 Å². The lowest BCUT2D eigenvalue weighted by Crippen LogP contribution is -2.11. The normalized spacial score (nSPS) is 11.3. The van der Waals surface area contributed by atoms with Crippen LogP contribution in [0, 0.1) is 17.5 Å². The highest BCUT2D eigenvalue weighted by molar-refractivity contribution is 6.33. The van der Waals surface area contributed by atoms with Gasteiger partial charge in [0.15, 0.2) is 46.1 Å². The molecule has 0 aromatic carbocycles. The topological polar surface area (TPSA) is 401 Å². The summed E-state index contributed by atoms with van der Waals surface area (Å²) in [5, 5.41) is 39.2. The first-order valence-corrected chi connectivity index (χ1v) is 29.2. The first kappa shape index (κ1) is 59.4. The Morgan fingerprint density at radius 2 is 0.825 bits per heavy atom. The highest BCUT2D eigenvalue weighted by Gasteiger charge is 2.25. The average molecular weight is 1320 g/mol. The van der Waals surface area contributed by atoms with E-state index in [2.05, 4.69) is 111 Å². The SMILES string of the molecule is Nc1nc(-n2ccnn2)c(-c2ccc3nccn3c2)c2nc(Cc3ncccc3F)nn12.Nc1nc(-n2nccn2)c(-c2ccc3nccn3c2)c2nc(Cc3ncccc3F)nn12.Nc1nc(Cl)c(-c2ccc3nccn3c2)c2nc(Cc3ncccc3F)nn12.c1cn[nH]n1. The summed E-state index contributed by atoms with van der Waals surface area (Å²) in [4.78, 5) is 53.4. The molecule has 0 aliphatic carbocycles. The van der Waals surface area contributed by atoms with Crippen LogP contribution in [-0.4, -0.2) is 147 Å². The molecule has 0 fully saturated rings. The number of nitrogen functional groups attached to an aromatic ring is 3. The van der Waals surface area contributed by atoms with E-state index in [9.17, 15) is 13.2 Å². The van der Waals surface area contributed by atoms with Crippen molar-refractivity contribution < 1.29 is 13.2 Å². The minimum Gasteiger partial charge on any atom is -0.368 e. The second-order valence-corrected chi connectivity index (χ2v) is 21.1. The monoisotopic (exact) mass is 1320 g/mol. The van der Waals surface area contributed by atoms with Gasteiger partial charge in [-0.15, -0.1) is 25.2 Å². The number of hydrogen-bond acceptors (Lipinski definition) is 24. The maximum Gasteiger partial charge on any atom is 0.225 e. The zero-order chi connectivity index (χ0) is 66.1. The quantitative estimate of drug-likeness (QED) is 0.107. The van der Waals surface area contributed by atoms with E-state index in [1.807, 2.05) is 86.8 Å². The van der Waals surface area contributed by atoms with Crippen molar-refractivity contribution in [2.75, 3.05) is 17.2 Å². The molecule has 0 amide bonds. The van der Waals surface area contributed by atoms with Gasteiger partial charge in [0.2, 0.25) is 17.8 Å². The molecule has 7 N–H and O–H groups in total. The van der Waals surface area contributed by atoms with Gasteiger partial charge >= 0.3 is 0 Å². The fraction of sp³-hybridized carbons (Fsp3) is 0.0500. The summed E-state index contributed by atoms with van der Waals surface area (Å²) >= 11 is 6.39. The van der Waals surface area contributed by atoms with E-state index in [1.165, 1.54) is 78.0 Å². The number of fused-ring (bicyclic) bond motifs is 6. The third kappa shape index (κ3) is 11.8. The van der Waals surface area contributed by atoms with Crippen molar-refractivity contribution in [3.8, 4) is 45.0 Å². The maximum absolute atomic E-state index is 14.1. The Bertz CT molecular complexity index is 5580. The maximum atomic E-state index is 14.1. The minimum absolute atomic E-state index is 0.0905. The Morgan fingerprint density at radius 1 is 0.412 bits per heavy atom. The second kappa shape index (κ2) is 25.3. The fourth-order valence-electron chi connectivity index (χ4n) is 10.4. The largest absolute Gasteiger partial charge is 0.368 e. The molecule has 0 saturated carbocycles. The molecular formula is C60H43ClF3N33. The van der Waals surface area contributed by atoms with Gasteiger partial charge in [0, 0.05) is 91.1 Å². The minimum atomic E-state index is -0.426. The Kier molecular flexibility index (Phi) is 15.5. The van der Waals surface area contributed by atoms with Crippen molar-refractivity contribution in [2.24, 2.45) is 0 Å². The number of nitrogens with one attached hydrogen (secondary N) is 1. The summed E-state index contributed by atoms with van der Waals surface area (Å²) < 4.78 is 53.6. The van der Waals surface area contributed by atoms with E-state index in [1.54, 1.807) is 55.8 Å². The Morgan fingerprint density at radius 3 is 1.24 bits per heavy atom. The summed E-state index contributed by atoms with van der Waals surface area (Å²) in [6.07, 6.45) is 30.7. The molecule has 0 radical (unpaired) electrons. The first-order chi connectivity index (χ1) is 47.4. The van der Waals surface area contributed by atoms with Gasteiger partial charge in [0.05, 0.1) is 90.2 Å². The number of imidazole rings is 3. The Balaban J connectivity index is 0.000000115. The first-order valence-electron chi connectivity index (χ1n) is 28.9. The zero-order valence-electron chi connectivity index (χ0n) is 49.7. The second-order valence-electron chi connectivity index (χ2n) is 20.7. The van der Waals surface area contributed by atoms with Crippen LogP contribution in [0.5, 0.6) is 0 Å². The van der Waals surface area contributed by atoms with E-state index in [0.717, 1.165) is 33.6 Å². The smallest absolute Gasteiger partial charge is 0.225 e. The van der Waals surface area contributed by atoms with Crippen LogP contribution in [-0.2, 0) is 19.3 Å². The van der Waals surface area contributed by atoms with E-state index in [4.69, 9.17) is 28.8 Å². The summed E-state index contributed by atoms with van der Waals surface area (Å²) in [5.41, 5.74) is 27.0. The van der Waals surface area contributed by atoms with Crippen molar-refractivity contribution >= 4 is 63.3 Å². The number of aromatic nitrogens is 30. The van der Waals surface area contributed by atoms with Crippen LogP contribution in [0.1, 0.15) is 34.6 Å². The molecule has 476 valence electrons. The van der Waals surface area contributed by atoms with Crippen molar-refractivity contribution in [3.05, 3.63) is 241 Å². The number of halogens is 4. The van der Waals surface area contributed by atoms with Gasteiger partial charge in [-0.05, 0) is 72.8 Å². The molecule has 0 bridgehead atoms. The Hall–Kier alpha value is -13.9. The molecule has 0 spiro atoms. The van der Waals surface area contributed by atoms with Crippen molar-refractivity contribution in [2.45, 2.75) is 19.3 Å². The van der Waals surface area contributed by atoms with Crippen LogP contribution in [0.3, 0.4) is 0 Å². The van der Waals surface area contributed by atoms with Gasteiger partial charge in [0.25, 0.3) is 0 Å². The number of nitrogens with zero attached hydrogens (tertiary/aromatic N) is 29. The third-order valence-electron chi connectivity index (χ3n) is 14.7.